The number of guanidine groups is 1. The van der Waals surface area contributed by atoms with Crippen molar-refractivity contribution in [3.05, 3.63) is 0 Å². The molecule has 0 spiro atoms. The number of nitrogens with one attached hydrogen (secondary N) is 2. The van der Waals surface area contributed by atoms with Crippen LogP contribution in [0.3, 0.4) is 0 Å². The summed E-state index contributed by atoms with van der Waals surface area (Å²) >= 11 is 0. The Hall–Kier alpha value is -2.52. The highest BCUT2D eigenvalue weighted by Crippen LogP contribution is 2.08. The van der Waals surface area contributed by atoms with Gasteiger partial charge in [0.2, 0.25) is 5.96 Å². The molecule has 0 bridgehead atoms. The summed E-state index contributed by atoms with van der Waals surface area (Å²) in [5.74, 6) is -0.865. The van der Waals surface area contributed by atoms with E-state index in [2.05, 4.69) is 15.6 Å². The van der Waals surface area contributed by atoms with Gasteiger partial charge < -0.3 is 24.8 Å². The van der Waals surface area contributed by atoms with E-state index in [1.807, 2.05) is 0 Å². The Morgan fingerprint density at radius 3 is 1.93 bits per heavy atom. The number of alkyl carbamates (subject to hydrolysis) is 2. The predicted molar refractivity (Wildman–Crippen MR) is 105 cm³/mol. The van der Waals surface area contributed by atoms with Gasteiger partial charge in [-0.25, -0.2) is 14.4 Å². The van der Waals surface area contributed by atoms with Gasteiger partial charge in [0.05, 0.1) is 0 Å². The molecule has 0 aliphatic carbocycles. The predicted octanol–water partition coefficient (Wildman–Crippen LogP) is 2.19. The first kappa shape index (κ1) is 25.5. The van der Waals surface area contributed by atoms with Gasteiger partial charge in [-0.05, 0) is 54.4 Å². The minimum absolute atomic E-state index is 0.158. The van der Waals surface area contributed by atoms with Crippen molar-refractivity contribution in [2.45, 2.75) is 71.6 Å². The molecule has 1 atom stereocenters. The summed E-state index contributed by atoms with van der Waals surface area (Å²) in [5, 5.41) is 14.1. The number of carboxylic acid groups (broad SMARTS) is 1. The maximum atomic E-state index is 11.9. The fourth-order valence-corrected chi connectivity index (χ4v) is 1.88. The molecule has 0 saturated heterocycles. The van der Waals surface area contributed by atoms with Crippen LogP contribution in [0.25, 0.3) is 0 Å². The maximum Gasteiger partial charge on any atom is 0.414 e. The summed E-state index contributed by atoms with van der Waals surface area (Å²) in [6.07, 6.45) is -0.885. The van der Waals surface area contributed by atoms with Crippen LogP contribution in [-0.2, 0) is 14.3 Å². The van der Waals surface area contributed by atoms with E-state index >= 15 is 0 Å². The van der Waals surface area contributed by atoms with Crippen molar-refractivity contribution >= 4 is 24.1 Å². The third-order valence-corrected chi connectivity index (χ3v) is 2.94. The highest BCUT2D eigenvalue weighted by molar-refractivity contribution is 5.93. The Morgan fingerprint density at radius 1 is 1.00 bits per heavy atom. The van der Waals surface area contributed by atoms with Crippen LogP contribution in [0, 0.1) is 0 Å². The van der Waals surface area contributed by atoms with Gasteiger partial charge in [-0.15, -0.1) is 0 Å². The molecule has 0 rings (SSSR count). The summed E-state index contributed by atoms with van der Waals surface area (Å²) in [4.78, 5) is 40.8. The minimum Gasteiger partial charge on any atom is -0.480 e. The monoisotopic (exact) mass is 402 g/mol. The van der Waals surface area contributed by atoms with Gasteiger partial charge in [-0.1, -0.05) is 0 Å². The average molecular weight is 402 g/mol. The van der Waals surface area contributed by atoms with Crippen LogP contribution in [0.2, 0.25) is 0 Å². The van der Waals surface area contributed by atoms with Crippen molar-refractivity contribution in [1.29, 1.82) is 0 Å². The van der Waals surface area contributed by atoms with E-state index < -0.39 is 35.4 Å². The first-order valence-corrected chi connectivity index (χ1v) is 9.05. The van der Waals surface area contributed by atoms with Crippen molar-refractivity contribution < 1.29 is 29.0 Å². The minimum atomic E-state index is -1.16. The third kappa shape index (κ3) is 12.8. The zero-order valence-corrected chi connectivity index (χ0v) is 18.1. The molecule has 0 aliphatic heterocycles. The van der Waals surface area contributed by atoms with E-state index in [0.717, 1.165) is 0 Å². The second-order valence-electron chi connectivity index (χ2n) is 8.41. The Morgan fingerprint density at radius 2 is 1.50 bits per heavy atom. The molecule has 28 heavy (non-hydrogen) atoms. The number of carbonyl (C=O) groups is 3. The highest BCUT2D eigenvalue weighted by atomic mass is 16.6. The molecule has 3 N–H and O–H groups in total. The van der Waals surface area contributed by atoms with E-state index in [-0.39, 0.29) is 13.0 Å². The fourth-order valence-electron chi connectivity index (χ4n) is 1.88. The number of carbonyl (C=O) groups excluding carboxylic acids is 2. The van der Waals surface area contributed by atoms with E-state index in [0.29, 0.717) is 12.4 Å². The lowest BCUT2D eigenvalue weighted by Gasteiger charge is -2.22. The fraction of sp³-hybridized carbons (Fsp3) is 0.778. The number of hydrogen-bond donors (Lipinski definition) is 3. The van der Waals surface area contributed by atoms with Crippen molar-refractivity contribution in [2.24, 2.45) is 4.99 Å². The molecule has 162 valence electrons. The molecule has 0 aromatic carbocycles. The summed E-state index contributed by atoms with van der Waals surface area (Å²) in [5.41, 5.74) is -1.35. The zero-order chi connectivity index (χ0) is 22.1. The molecule has 10 nitrogen and oxygen atoms in total. The number of rotatable bonds is 6. The van der Waals surface area contributed by atoms with Crippen LogP contribution >= 0.6 is 0 Å². The number of aliphatic imine (C=N–C) groups is 1. The zero-order valence-electron chi connectivity index (χ0n) is 18.1. The quantitative estimate of drug-likeness (QED) is 0.353. The molecule has 0 aromatic rings. The van der Waals surface area contributed by atoms with Gasteiger partial charge in [-0.3, -0.25) is 10.3 Å². The number of amides is 2. The van der Waals surface area contributed by atoms with Gasteiger partial charge in [0.25, 0.3) is 0 Å². The molecule has 0 radical (unpaired) electrons. The number of nitrogens with zero attached hydrogens (tertiary/aromatic N) is 2. The standard InChI is InChI=1S/C18H34N4O6/c1-17(2,3)27-15(25)20-12(13(23)24)10-9-11-19-14(22(7)8)21-16(26)28-18(4,5)6/h12H,9-11H2,1-8H3,(H,20,25)(H,23,24)(H,19,21,26)/t12-/m0/s1. The maximum absolute atomic E-state index is 11.9. The van der Waals surface area contributed by atoms with Crippen LogP contribution in [0.4, 0.5) is 9.59 Å². The number of ether oxygens (including phenoxy) is 2. The summed E-state index contributed by atoms with van der Waals surface area (Å²) < 4.78 is 10.3. The van der Waals surface area contributed by atoms with E-state index in [1.54, 1.807) is 60.5 Å². The third-order valence-electron chi connectivity index (χ3n) is 2.94. The summed E-state index contributed by atoms with van der Waals surface area (Å²) in [6, 6.07) is -1.09. The molecule has 0 fully saturated rings. The SMILES string of the molecule is CN(C)C(=NCCC[C@H](NC(=O)OC(C)(C)C)C(=O)O)NC(=O)OC(C)(C)C. The Balaban J connectivity index is 4.69. The van der Waals surface area contributed by atoms with E-state index in [1.165, 1.54) is 0 Å². The lowest BCUT2D eigenvalue weighted by Crippen LogP contribution is -2.44. The lowest BCUT2D eigenvalue weighted by atomic mass is 10.1. The van der Waals surface area contributed by atoms with Crippen molar-refractivity contribution in [3.63, 3.8) is 0 Å². The van der Waals surface area contributed by atoms with Gasteiger partial charge in [0.1, 0.15) is 17.2 Å². The summed E-state index contributed by atoms with van der Waals surface area (Å²) in [7, 11) is 3.42. The first-order chi connectivity index (χ1) is 12.6. The smallest absolute Gasteiger partial charge is 0.414 e. The molecule has 0 saturated carbocycles. The molecule has 0 aliphatic rings. The van der Waals surface area contributed by atoms with Gasteiger partial charge in [-0.2, -0.15) is 0 Å². The van der Waals surface area contributed by atoms with E-state index in [9.17, 15) is 19.5 Å². The number of carboxylic acids is 1. The van der Waals surface area contributed by atoms with Crippen LogP contribution in [0.5, 0.6) is 0 Å². The molecular formula is C18H34N4O6. The van der Waals surface area contributed by atoms with Gasteiger partial charge in [0, 0.05) is 20.6 Å². The number of aliphatic carboxylic acids is 1. The normalized spacial score (nSPS) is 13.4. The second kappa shape index (κ2) is 10.7. The van der Waals surface area contributed by atoms with Crippen LogP contribution in [0.15, 0.2) is 4.99 Å². The van der Waals surface area contributed by atoms with Crippen LogP contribution in [-0.4, -0.2) is 72.0 Å². The Labute approximate surface area is 166 Å². The molecule has 0 heterocycles. The summed E-state index contributed by atoms with van der Waals surface area (Å²) in [6.45, 7) is 10.6. The largest absolute Gasteiger partial charge is 0.480 e. The first-order valence-electron chi connectivity index (χ1n) is 9.05. The van der Waals surface area contributed by atoms with Gasteiger partial charge in [0.15, 0.2) is 0 Å². The second-order valence-corrected chi connectivity index (χ2v) is 8.41. The van der Waals surface area contributed by atoms with Crippen molar-refractivity contribution in [3.8, 4) is 0 Å². The lowest BCUT2D eigenvalue weighted by molar-refractivity contribution is -0.139. The molecule has 10 heteroatoms. The molecular weight excluding hydrogens is 368 g/mol. The molecule has 2 amide bonds. The highest BCUT2D eigenvalue weighted by Gasteiger charge is 2.23. The topological polar surface area (TPSA) is 130 Å². The Bertz CT molecular complexity index is 576. The molecule has 0 unspecified atom stereocenters. The van der Waals surface area contributed by atoms with Gasteiger partial charge >= 0.3 is 18.2 Å². The van der Waals surface area contributed by atoms with E-state index in [4.69, 9.17) is 9.47 Å². The van der Waals surface area contributed by atoms with Crippen LogP contribution in [0.1, 0.15) is 54.4 Å². The van der Waals surface area contributed by atoms with Crippen molar-refractivity contribution in [1.82, 2.24) is 15.5 Å². The average Bonchev–Trinajstić information content (AvgIpc) is 2.44. The van der Waals surface area contributed by atoms with Crippen molar-refractivity contribution in [2.75, 3.05) is 20.6 Å². The molecule has 0 aromatic heterocycles. The Kier molecular flexibility index (Phi) is 9.76. The van der Waals surface area contributed by atoms with Crippen LogP contribution < -0.4 is 10.6 Å². The number of hydrogen-bond acceptors (Lipinski definition) is 6.